The zero-order valence-corrected chi connectivity index (χ0v) is 10.0. The maximum Gasteiger partial charge on any atom is 0.331 e. The van der Waals surface area contributed by atoms with Crippen LogP contribution in [0.5, 0.6) is 0 Å². The van der Waals surface area contributed by atoms with Gasteiger partial charge in [-0.3, -0.25) is 13.9 Å². The minimum absolute atomic E-state index is 0.222. The van der Waals surface area contributed by atoms with Gasteiger partial charge < -0.3 is 0 Å². The van der Waals surface area contributed by atoms with Crippen molar-refractivity contribution in [2.45, 2.75) is 20.4 Å². The fourth-order valence-electron chi connectivity index (χ4n) is 1.76. The first kappa shape index (κ1) is 11.5. The van der Waals surface area contributed by atoms with Gasteiger partial charge >= 0.3 is 5.69 Å². The first-order chi connectivity index (χ1) is 8.02. The van der Waals surface area contributed by atoms with Crippen molar-refractivity contribution >= 4 is 11.0 Å². The summed E-state index contributed by atoms with van der Waals surface area (Å²) in [7, 11) is 1.62. The summed E-state index contributed by atoms with van der Waals surface area (Å²) in [6, 6.07) is 0. The number of nitrogens with zero attached hydrogens (tertiary/aromatic N) is 4. The largest absolute Gasteiger partial charge is 0.331 e. The maximum absolute atomic E-state index is 12.1. The summed E-state index contributed by atoms with van der Waals surface area (Å²) in [4.78, 5) is 31.9. The summed E-state index contributed by atoms with van der Waals surface area (Å²) >= 11 is 0. The van der Waals surface area contributed by atoms with E-state index in [1.165, 1.54) is 21.7 Å². The zero-order chi connectivity index (χ0) is 12.6. The monoisotopic (exact) mass is 234 g/mol. The van der Waals surface area contributed by atoms with Crippen molar-refractivity contribution in [3.05, 3.63) is 33.4 Å². The number of hydrogen-bond acceptors (Lipinski definition) is 4. The van der Waals surface area contributed by atoms with E-state index >= 15 is 0 Å². The predicted molar refractivity (Wildman–Crippen MR) is 63.9 cm³/mol. The molecule has 0 amide bonds. The molecule has 0 saturated heterocycles. The molecule has 0 aliphatic heterocycles. The van der Waals surface area contributed by atoms with Crippen LogP contribution in [0.4, 0.5) is 0 Å². The zero-order valence-electron chi connectivity index (χ0n) is 10.0. The molecule has 0 aliphatic carbocycles. The third-order valence-corrected chi connectivity index (χ3v) is 2.57. The van der Waals surface area contributed by atoms with E-state index in [9.17, 15) is 9.59 Å². The van der Waals surface area contributed by atoms with Gasteiger partial charge in [0.25, 0.3) is 5.56 Å². The van der Waals surface area contributed by atoms with Gasteiger partial charge in [-0.05, 0) is 5.92 Å². The van der Waals surface area contributed by atoms with Gasteiger partial charge in [-0.2, -0.15) is 0 Å². The molecule has 0 bridgehead atoms. The average Bonchev–Trinajstić information content (AvgIpc) is 2.31. The lowest BCUT2D eigenvalue weighted by Crippen LogP contribution is -2.40. The van der Waals surface area contributed by atoms with Crippen LogP contribution < -0.4 is 11.2 Å². The van der Waals surface area contributed by atoms with Gasteiger partial charge in [0.15, 0.2) is 5.52 Å². The summed E-state index contributed by atoms with van der Waals surface area (Å²) < 4.78 is 2.62. The highest BCUT2D eigenvalue weighted by Gasteiger charge is 2.12. The van der Waals surface area contributed by atoms with E-state index in [1.807, 2.05) is 13.8 Å². The normalized spacial score (nSPS) is 11.3. The molecule has 0 fully saturated rings. The second kappa shape index (κ2) is 4.12. The Hall–Kier alpha value is -1.98. The van der Waals surface area contributed by atoms with Gasteiger partial charge in [0.1, 0.15) is 6.33 Å². The molecule has 0 aliphatic rings. The molecule has 0 atom stereocenters. The Bertz CT molecular complexity index is 669. The molecule has 90 valence electrons. The molecular formula is C11H14N4O2. The summed E-state index contributed by atoms with van der Waals surface area (Å²) in [5, 5.41) is 0. The van der Waals surface area contributed by atoms with Crippen molar-refractivity contribution in [2.75, 3.05) is 0 Å². The standard InChI is InChI=1S/C11H14N4O2/c1-7(2)5-15-10(16)9-8(4-12-6-13-9)14(3)11(15)17/h4,6-7H,5H2,1-3H3. The first-order valence-electron chi connectivity index (χ1n) is 5.42. The van der Waals surface area contributed by atoms with Gasteiger partial charge in [0.05, 0.1) is 11.7 Å². The van der Waals surface area contributed by atoms with Gasteiger partial charge in [-0.25, -0.2) is 14.8 Å². The van der Waals surface area contributed by atoms with E-state index in [2.05, 4.69) is 9.97 Å². The van der Waals surface area contributed by atoms with E-state index in [-0.39, 0.29) is 22.7 Å². The van der Waals surface area contributed by atoms with Crippen LogP contribution in [0.1, 0.15) is 13.8 Å². The van der Waals surface area contributed by atoms with Crippen LogP contribution in [-0.4, -0.2) is 19.1 Å². The molecule has 6 nitrogen and oxygen atoms in total. The molecule has 2 heterocycles. The van der Waals surface area contributed by atoms with Crippen molar-refractivity contribution < 1.29 is 0 Å². The van der Waals surface area contributed by atoms with E-state index in [4.69, 9.17) is 0 Å². The molecule has 6 heteroatoms. The highest BCUT2D eigenvalue weighted by molar-refractivity contribution is 5.71. The average molecular weight is 234 g/mol. The molecule has 0 aromatic carbocycles. The van der Waals surface area contributed by atoms with E-state index in [1.54, 1.807) is 7.05 Å². The predicted octanol–water partition coefficient (Wildman–Crippen LogP) is 0.146. The molecule has 0 radical (unpaired) electrons. The van der Waals surface area contributed by atoms with Crippen LogP contribution in [0.3, 0.4) is 0 Å². The molecule has 0 saturated carbocycles. The fourth-order valence-corrected chi connectivity index (χ4v) is 1.76. The maximum atomic E-state index is 12.1. The highest BCUT2D eigenvalue weighted by Crippen LogP contribution is 2.01. The van der Waals surface area contributed by atoms with Gasteiger partial charge in [-0.15, -0.1) is 0 Å². The molecule has 17 heavy (non-hydrogen) atoms. The Morgan fingerprint density at radius 2 is 2.06 bits per heavy atom. The number of hydrogen-bond donors (Lipinski definition) is 0. The SMILES string of the molecule is CC(C)Cn1c(=O)c2ncncc2n(C)c1=O. The van der Waals surface area contributed by atoms with E-state index in [0.29, 0.717) is 12.1 Å². The van der Waals surface area contributed by atoms with Crippen molar-refractivity contribution in [1.82, 2.24) is 19.1 Å². The van der Waals surface area contributed by atoms with Crippen molar-refractivity contribution in [3.8, 4) is 0 Å². The van der Waals surface area contributed by atoms with Crippen LogP contribution >= 0.6 is 0 Å². The lowest BCUT2D eigenvalue weighted by molar-refractivity contribution is 0.484. The van der Waals surface area contributed by atoms with Crippen molar-refractivity contribution in [3.63, 3.8) is 0 Å². The minimum Gasteiger partial charge on any atom is -0.293 e. The topological polar surface area (TPSA) is 69.8 Å². The quantitative estimate of drug-likeness (QED) is 0.741. The number of aromatic nitrogens is 4. The fraction of sp³-hybridized carbons (Fsp3) is 0.455. The van der Waals surface area contributed by atoms with Crippen LogP contribution in [-0.2, 0) is 13.6 Å². The van der Waals surface area contributed by atoms with Gasteiger partial charge in [0.2, 0.25) is 0 Å². The minimum atomic E-state index is -0.348. The Labute approximate surface area is 97.6 Å². The molecule has 2 aromatic rings. The van der Waals surface area contributed by atoms with Crippen LogP contribution in [0.2, 0.25) is 0 Å². The summed E-state index contributed by atoms with van der Waals surface area (Å²) in [6.45, 7) is 4.30. The second-order valence-corrected chi connectivity index (χ2v) is 4.41. The number of fused-ring (bicyclic) bond motifs is 1. The molecule has 0 N–H and O–H groups in total. The summed E-state index contributed by atoms with van der Waals surface area (Å²) in [5.41, 5.74) is 0.0652. The highest BCUT2D eigenvalue weighted by atomic mass is 16.2. The van der Waals surface area contributed by atoms with Crippen LogP contribution in [0, 0.1) is 5.92 Å². The van der Waals surface area contributed by atoms with Crippen LogP contribution in [0.25, 0.3) is 11.0 Å². The lowest BCUT2D eigenvalue weighted by Gasteiger charge is -2.11. The Morgan fingerprint density at radius 3 is 2.71 bits per heavy atom. The Kier molecular flexibility index (Phi) is 2.79. The Balaban J connectivity index is 2.87. The molecule has 0 spiro atoms. The third-order valence-electron chi connectivity index (χ3n) is 2.57. The number of aryl methyl sites for hydroxylation is 1. The third kappa shape index (κ3) is 1.86. The molecule has 0 unspecified atom stereocenters. The smallest absolute Gasteiger partial charge is 0.293 e. The van der Waals surface area contributed by atoms with Crippen molar-refractivity contribution in [2.24, 2.45) is 13.0 Å². The summed E-state index contributed by atoms with van der Waals surface area (Å²) in [5.74, 6) is 0.222. The van der Waals surface area contributed by atoms with Crippen molar-refractivity contribution in [1.29, 1.82) is 0 Å². The molecule has 2 rings (SSSR count). The van der Waals surface area contributed by atoms with E-state index in [0.717, 1.165) is 0 Å². The molecular weight excluding hydrogens is 220 g/mol. The van der Waals surface area contributed by atoms with E-state index < -0.39 is 0 Å². The second-order valence-electron chi connectivity index (χ2n) is 4.41. The Morgan fingerprint density at radius 1 is 1.35 bits per heavy atom. The number of rotatable bonds is 2. The summed E-state index contributed by atoms with van der Waals surface area (Å²) in [6.07, 6.45) is 2.79. The van der Waals surface area contributed by atoms with Gasteiger partial charge in [0, 0.05) is 13.6 Å². The van der Waals surface area contributed by atoms with Gasteiger partial charge in [-0.1, -0.05) is 13.8 Å². The molecule has 2 aromatic heterocycles. The lowest BCUT2D eigenvalue weighted by atomic mass is 10.2. The first-order valence-corrected chi connectivity index (χ1v) is 5.42. The van der Waals surface area contributed by atoms with Crippen LogP contribution in [0.15, 0.2) is 22.1 Å².